The highest BCUT2D eigenvalue weighted by atomic mass is 16.3. The zero-order chi connectivity index (χ0) is 18.0. The molecule has 0 unspecified atom stereocenters. The van der Waals surface area contributed by atoms with Gasteiger partial charge in [0, 0.05) is 25.0 Å². The van der Waals surface area contributed by atoms with Gasteiger partial charge in [0.2, 0.25) is 0 Å². The predicted octanol–water partition coefficient (Wildman–Crippen LogP) is 3.80. The van der Waals surface area contributed by atoms with Gasteiger partial charge in [-0.3, -0.25) is 0 Å². The van der Waals surface area contributed by atoms with Gasteiger partial charge in [-0.15, -0.1) is 0 Å². The summed E-state index contributed by atoms with van der Waals surface area (Å²) in [6.45, 7) is 1.98. The van der Waals surface area contributed by atoms with Crippen molar-refractivity contribution in [1.29, 1.82) is 0 Å². The van der Waals surface area contributed by atoms with Crippen LogP contribution in [-0.4, -0.2) is 20.4 Å². The van der Waals surface area contributed by atoms with E-state index in [1.807, 2.05) is 19.1 Å². The largest absolute Gasteiger partial charge is 0.508 e. The van der Waals surface area contributed by atoms with E-state index < -0.39 is 0 Å². The Morgan fingerprint density at radius 3 is 1.52 bits per heavy atom. The third-order valence-corrected chi connectivity index (χ3v) is 4.02. The van der Waals surface area contributed by atoms with Crippen LogP contribution < -0.4 is 0 Å². The summed E-state index contributed by atoms with van der Waals surface area (Å²) in [6, 6.07) is 16.4. The van der Waals surface area contributed by atoms with Crippen LogP contribution in [0.4, 0.5) is 0 Å². The zero-order valence-electron chi connectivity index (χ0n) is 13.8. The van der Waals surface area contributed by atoms with Crippen molar-refractivity contribution in [2.75, 3.05) is 0 Å². The molecule has 0 aliphatic carbocycles. The maximum atomic E-state index is 9.96. The van der Waals surface area contributed by atoms with Crippen molar-refractivity contribution < 1.29 is 20.4 Å². The Bertz CT molecular complexity index is 844. The third-order valence-electron chi connectivity index (χ3n) is 4.02. The molecule has 0 saturated heterocycles. The van der Waals surface area contributed by atoms with Gasteiger partial charge in [0.1, 0.15) is 23.0 Å². The Labute approximate surface area is 146 Å². The molecule has 4 heteroatoms. The van der Waals surface area contributed by atoms with Gasteiger partial charge >= 0.3 is 0 Å². The molecular formula is C21H19O4. The summed E-state index contributed by atoms with van der Waals surface area (Å²) in [4.78, 5) is 0. The fraction of sp³-hybridized carbons (Fsp3) is 0.143. The highest BCUT2D eigenvalue weighted by Crippen LogP contribution is 2.28. The maximum Gasteiger partial charge on any atom is 0.122 e. The Hall–Kier alpha value is -3.14. The quantitative estimate of drug-likeness (QED) is 0.585. The smallest absolute Gasteiger partial charge is 0.122 e. The van der Waals surface area contributed by atoms with Gasteiger partial charge in [-0.05, 0) is 47.4 Å². The van der Waals surface area contributed by atoms with Gasteiger partial charge < -0.3 is 20.4 Å². The summed E-state index contributed by atoms with van der Waals surface area (Å²) in [5, 5.41) is 38.7. The van der Waals surface area contributed by atoms with E-state index in [1.54, 1.807) is 24.3 Å². The summed E-state index contributed by atoms with van der Waals surface area (Å²) in [5.41, 5.74) is 4.29. The first-order valence-electron chi connectivity index (χ1n) is 7.94. The molecule has 25 heavy (non-hydrogen) atoms. The van der Waals surface area contributed by atoms with Crippen LogP contribution in [0.15, 0.2) is 48.5 Å². The minimum atomic E-state index is 0.0259. The van der Waals surface area contributed by atoms with Gasteiger partial charge in [-0.1, -0.05) is 29.8 Å². The molecule has 4 N–H and O–H groups in total. The molecule has 0 saturated carbocycles. The molecular weight excluding hydrogens is 316 g/mol. The number of benzene rings is 3. The van der Waals surface area contributed by atoms with E-state index in [4.69, 9.17) is 0 Å². The van der Waals surface area contributed by atoms with E-state index in [0.717, 1.165) is 16.7 Å². The Kier molecular flexibility index (Phi) is 4.52. The lowest BCUT2D eigenvalue weighted by atomic mass is 9.96. The van der Waals surface area contributed by atoms with Gasteiger partial charge in [0.05, 0.1) is 0 Å². The second kappa shape index (κ2) is 6.77. The van der Waals surface area contributed by atoms with Gasteiger partial charge in [-0.2, -0.15) is 0 Å². The van der Waals surface area contributed by atoms with Crippen molar-refractivity contribution in [3.8, 4) is 23.0 Å². The van der Waals surface area contributed by atoms with Crippen molar-refractivity contribution in [3.63, 3.8) is 0 Å². The molecule has 0 bridgehead atoms. The monoisotopic (exact) mass is 335 g/mol. The zero-order valence-corrected chi connectivity index (χ0v) is 13.8. The summed E-state index contributed by atoms with van der Waals surface area (Å²) in [5.74, 6) is 0.149. The number of hydrogen-bond acceptors (Lipinski definition) is 4. The molecule has 0 heterocycles. The average Bonchev–Trinajstić information content (AvgIpc) is 2.52. The summed E-state index contributed by atoms with van der Waals surface area (Å²) in [6.07, 6.45) is 0.977. The number of phenols is 4. The van der Waals surface area contributed by atoms with Gasteiger partial charge in [-0.25, -0.2) is 0 Å². The number of aromatic hydroxyl groups is 4. The fourth-order valence-corrected chi connectivity index (χ4v) is 2.87. The molecule has 0 atom stereocenters. The van der Waals surface area contributed by atoms with Crippen LogP contribution in [0.3, 0.4) is 0 Å². The van der Waals surface area contributed by atoms with Crippen molar-refractivity contribution >= 4 is 0 Å². The Morgan fingerprint density at radius 2 is 1.12 bits per heavy atom. The number of hydrogen-bond donors (Lipinski definition) is 4. The van der Waals surface area contributed by atoms with Crippen LogP contribution in [0.2, 0.25) is 0 Å². The lowest BCUT2D eigenvalue weighted by molar-refractivity contribution is 0.446. The Balaban J connectivity index is 1.87. The van der Waals surface area contributed by atoms with Crippen molar-refractivity contribution in [1.82, 2.24) is 0 Å². The summed E-state index contributed by atoms with van der Waals surface area (Å²) < 4.78 is 0. The molecule has 0 aliphatic heterocycles. The summed E-state index contributed by atoms with van der Waals surface area (Å²) >= 11 is 0. The van der Waals surface area contributed by atoms with Crippen molar-refractivity contribution in [2.45, 2.75) is 19.8 Å². The number of phenolic OH excluding ortho intramolecular Hbond substituents is 4. The minimum absolute atomic E-state index is 0.0259. The molecule has 4 nitrogen and oxygen atoms in total. The second-order valence-corrected chi connectivity index (χ2v) is 6.19. The van der Waals surface area contributed by atoms with Crippen LogP contribution in [0.5, 0.6) is 23.0 Å². The SMILES string of the molecule is Cc1cc(Cc2ccc(O)cc2O)[c]c(Cc2ccc(O)cc2O)c1. The second-order valence-electron chi connectivity index (χ2n) is 6.19. The molecule has 3 aromatic rings. The molecule has 0 spiro atoms. The molecule has 1 radical (unpaired) electrons. The van der Waals surface area contributed by atoms with E-state index in [2.05, 4.69) is 6.07 Å². The first-order valence-corrected chi connectivity index (χ1v) is 7.94. The normalized spacial score (nSPS) is 10.8. The molecule has 127 valence electrons. The topological polar surface area (TPSA) is 80.9 Å². The molecule has 0 aliphatic rings. The average molecular weight is 335 g/mol. The van der Waals surface area contributed by atoms with Crippen molar-refractivity contribution in [2.24, 2.45) is 0 Å². The van der Waals surface area contributed by atoms with E-state index in [0.29, 0.717) is 24.0 Å². The maximum absolute atomic E-state index is 9.96. The molecule has 0 amide bonds. The fourth-order valence-electron chi connectivity index (χ4n) is 2.87. The van der Waals surface area contributed by atoms with Crippen LogP contribution in [0, 0.1) is 13.0 Å². The first kappa shape index (κ1) is 16.7. The van der Waals surface area contributed by atoms with E-state index >= 15 is 0 Å². The van der Waals surface area contributed by atoms with E-state index in [1.165, 1.54) is 12.1 Å². The lowest BCUT2D eigenvalue weighted by Gasteiger charge is -2.10. The van der Waals surface area contributed by atoms with Crippen LogP contribution in [0.1, 0.15) is 27.8 Å². The summed E-state index contributed by atoms with van der Waals surface area (Å²) in [7, 11) is 0. The predicted molar refractivity (Wildman–Crippen MR) is 95.2 cm³/mol. The standard InChI is InChI=1S/C21H19O4/c1-13-6-14(9-16-2-4-18(22)11-20(16)24)8-15(7-13)10-17-3-5-19(23)12-21(17)25/h2-7,11-12,22-25H,9-10H2,1H3. The molecule has 0 aromatic heterocycles. The van der Waals surface area contributed by atoms with Crippen LogP contribution in [0.25, 0.3) is 0 Å². The lowest BCUT2D eigenvalue weighted by Crippen LogP contribution is -1.96. The number of rotatable bonds is 4. The highest BCUT2D eigenvalue weighted by molar-refractivity contribution is 5.45. The van der Waals surface area contributed by atoms with E-state index in [9.17, 15) is 20.4 Å². The Morgan fingerprint density at radius 1 is 0.680 bits per heavy atom. The molecule has 0 fully saturated rings. The molecule has 3 aromatic carbocycles. The minimum Gasteiger partial charge on any atom is -0.508 e. The van der Waals surface area contributed by atoms with Gasteiger partial charge in [0.15, 0.2) is 0 Å². The number of aryl methyl sites for hydroxylation is 1. The van der Waals surface area contributed by atoms with Crippen LogP contribution in [-0.2, 0) is 12.8 Å². The first-order chi connectivity index (χ1) is 11.9. The van der Waals surface area contributed by atoms with Crippen LogP contribution >= 0.6 is 0 Å². The highest BCUT2D eigenvalue weighted by Gasteiger charge is 2.08. The van der Waals surface area contributed by atoms with Gasteiger partial charge in [0.25, 0.3) is 0 Å². The molecule has 3 rings (SSSR count). The van der Waals surface area contributed by atoms with Crippen molar-refractivity contribution in [3.05, 3.63) is 82.4 Å². The van der Waals surface area contributed by atoms with E-state index in [-0.39, 0.29) is 23.0 Å². The third kappa shape index (κ3) is 4.04.